The Morgan fingerprint density at radius 3 is 2.97 bits per heavy atom. The lowest BCUT2D eigenvalue weighted by Gasteiger charge is -2.34. The van der Waals surface area contributed by atoms with Crippen LogP contribution in [0.25, 0.3) is 10.2 Å². The highest BCUT2D eigenvalue weighted by Gasteiger charge is 2.38. The van der Waals surface area contributed by atoms with Gasteiger partial charge < -0.3 is 14.3 Å². The number of halogens is 1. The predicted octanol–water partition coefficient (Wildman–Crippen LogP) is 3.69. The van der Waals surface area contributed by atoms with Crippen molar-refractivity contribution in [2.24, 2.45) is 0 Å². The highest BCUT2D eigenvalue weighted by atomic mass is 32.1. The average molecular weight is 481 g/mol. The molecule has 6 rings (SSSR count). The van der Waals surface area contributed by atoms with E-state index in [4.69, 9.17) is 9.40 Å². The first-order valence-corrected chi connectivity index (χ1v) is 12.4. The molecule has 1 amide bonds. The summed E-state index contributed by atoms with van der Waals surface area (Å²) in [7, 11) is 0. The number of nitrogens with zero attached hydrogens (tertiary/aromatic N) is 5. The molecule has 1 saturated heterocycles. The van der Waals surface area contributed by atoms with Gasteiger partial charge in [0.05, 0.1) is 27.9 Å². The number of thiazole rings is 1. The van der Waals surface area contributed by atoms with Crippen molar-refractivity contribution in [2.75, 3.05) is 26.2 Å². The minimum Gasteiger partial charge on any atom is -0.435 e. The lowest BCUT2D eigenvalue weighted by atomic mass is 10.0. The number of alkyl halides is 1. The number of aromatic amines is 1. The Kier molecular flexibility index (Phi) is 5.41. The number of aryl methyl sites for hydroxylation is 2. The lowest BCUT2D eigenvalue weighted by Crippen LogP contribution is -2.48. The highest BCUT2D eigenvalue weighted by molar-refractivity contribution is 7.18. The Bertz CT molecular complexity index is 1310. The molecular formula is C24H25FN6O2S. The summed E-state index contributed by atoms with van der Waals surface area (Å²) in [6.45, 7) is 4.15. The zero-order valence-corrected chi connectivity index (χ0v) is 19.6. The SMILES string of the molecule is Cc1nc(CCCN2CC(F)C2)oc1C(=O)N1CCc2[nH]cnc2[C@H]1c1nc2ccccc2s1. The van der Waals surface area contributed by atoms with E-state index < -0.39 is 6.17 Å². The number of carbonyl (C=O) groups excluding carboxylic acids is 1. The van der Waals surface area contributed by atoms with Gasteiger partial charge in [-0.05, 0) is 32.0 Å². The predicted molar refractivity (Wildman–Crippen MR) is 126 cm³/mol. The number of oxazole rings is 1. The van der Waals surface area contributed by atoms with Crippen LogP contribution in [0.2, 0.25) is 0 Å². The first kappa shape index (κ1) is 21.4. The maximum absolute atomic E-state index is 13.7. The summed E-state index contributed by atoms with van der Waals surface area (Å²) in [5.41, 5.74) is 3.36. The lowest BCUT2D eigenvalue weighted by molar-refractivity contribution is 0.0635. The van der Waals surface area contributed by atoms with E-state index in [0.717, 1.165) is 39.6 Å². The van der Waals surface area contributed by atoms with E-state index in [1.54, 1.807) is 29.5 Å². The number of para-hydroxylation sites is 1. The number of amides is 1. The number of H-pyrrole nitrogens is 1. The molecule has 2 aliphatic heterocycles. The van der Waals surface area contributed by atoms with Gasteiger partial charge in [0.2, 0.25) is 5.76 Å². The molecular weight excluding hydrogens is 455 g/mol. The summed E-state index contributed by atoms with van der Waals surface area (Å²) in [4.78, 5) is 34.7. The van der Waals surface area contributed by atoms with Crippen molar-refractivity contribution in [1.82, 2.24) is 29.7 Å². The van der Waals surface area contributed by atoms with Crippen molar-refractivity contribution in [2.45, 2.75) is 38.4 Å². The van der Waals surface area contributed by atoms with Gasteiger partial charge in [-0.3, -0.25) is 9.69 Å². The molecule has 0 aliphatic carbocycles. The first-order valence-electron chi connectivity index (χ1n) is 11.6. The second-order valence-corrected chi connectivity index (χ2v) is 9.98. The quantitative estimate of drug-likeness (QED) is 0.453. The monoisotopic (exact) mass is 480 g/mol. The molecule has 4 aromatic rings. The van der Waals surface area contributed by atoms with E-state index in [1.165, 1.54) is 0 Å². The summed E-state index contributed by atoms with van der Waals surface area (Å²) >= 11 is 1.58. The van der Waals surface area contributed by atoms with Crippen LogP contribution in [0.4, 0.5) is 4.39 Å². The zero-order chi connectivity index (χ0) is 23.2. The molecule has 176 valence electrons. The normalized spacial score (nSPS) is 18.9. The zero-order valence-electron chi connectivity index (χ0n) is 18.8. The maximum atomic E-state index is 13.7. The third-order valence-electron chi connectivity index (χ3n) is 6.54. The summed E-state index contributed by atoms with van der Waals surface area (Å²) in [6.07, 6.45) is 3.10. The number of likely N-dealkylation sites (tertiary alicyclic amines) is 1. The van der Waals surface area contributed by atoms with Crippen molar-refractivity contribution in [3.05, 3.63) is 64.3 Å². The maximum Gasteiger partial charge on any atom is 0.292 e. The Morgan fingerprint density at radius 1 is 1.29 bits per heavy atom. The molecule has 0 saturated carbocycles. The summed E-state index contributed by atoms with van der Waals surface area (Å²) < 4.78 is 20.0. The van der Waals surface area contributed by atoms with Crippen LogP contribution in [0.5, 0.6) is 0 Å². The molecule has 0 bridgehead atoms. The number of aromatic nitrogens is 4. The Balaban J connectivity index is 1.26. The van der Waals surface area contributed by atoms with E-state index in [2.05, 4.69) is 19.9 Å². The standard InChI is InChI=1S/C24H25FN6O2S/c1-14-22(33-19(28-14)7-4-9-30-11-15(25)12-30)24(32)31-10-8-17-20(27-13-26-17)21(31)23-29-16-5-2-3-6-18(16)34-23/h2-3,5-6,13,15,21H,4,7-12H2,1H3,(H,26,27)/t21-/m0/s1. The number of fused-ring (bicyclic) bond motifs is 2. The molecule has 5 heterocycles. The van der Waals surface area contributed by atoms with Crippen molar-refractivity contribution in [3.63, 3.8) is 0 Å². The van der Waals surface area contributed by atoms with Crippen molar-refractivity contribution < 1.29 is 13.6 Å². The summed E-state index contributed by atoms with van der Waals surface area (Å²) in [5, 5.41) is 0.834. The number of rotatable bonds is 6. The van der Waals surface area contributed by atoms with Gasteiger partial charge in [0.1, 0.15) is 17.2 Å². The van der Waals surface area contributed by atoms with Gasteiger partial charge in [-0.25, -0.2) is 19.3 Å². The van der Waals surface area contributed by atoms with Crippen molar-refractivity contribution in [3.8, 4) is 0 Å². The van der Waals surface area contributed by atoms with Gasteiger partial charge in [0.15, 0.2) is 5.89 Å². The highest BCUT2D eigenvalue weighted by Crippen LogP contribution is 2.38. The van der Waals surface area contributed by atoms with E-state index in [9.17, 15) is 9.18 Å². The molecule has 1 aromatic carbocycles. The van der Waals surface area contributed by atoms with Crippen LogP contribution in [0, 0.1) is 6.92 Å². The van der Waals surface area contributed by atoms with Crippen molar-refractivity contribution >= 4 is 27.5 Å². The second-order valence-electron chi connectivity index (χ2n) is 8.92. The van der Waals surface area contributed by atoms with Gasteiger partial charge in [0.25, 0.3) is 5.91 Å². The molecule has 8 nitrogen and oxygen atoms in total. The molecule has 10 heteroatoms. The number of imidazole rings is 1. The van der Waals surface area contributed by atoms with E-state index in [-0.39, 0.29) is 17.7 Å². The van der Waals surface area contributed by atoms with E-state index in [0.29, 0.717) is 44.1 Å². The van der Waals surface area contributed by atoms with Crippen LogP contribution in [0.3, 0.4) is 0 Å². The number of hydrogen-bond acceptors (Lipinski definition) is 7. The number of nitrogens with one attached hydrogen (secondary N) is 1. The fourth-order valence-corrected chi connectivity index (χ4v) is 5.87. The smallest absolute Gasteiger partial charge is 0.292 e. The van der Waals surface area contributed by atoms with Gasteiger partial charge >= 0.3 is 0 Å². The second kappa shape index (κ2) is 8.59. The molecule has 0 unspecified atom stereocenters. The molecule has 3 aromatic heterocycles. The van der Waals surface area contributed by atoms with Crippen LogP contribution in [-0.4, -0.2) is 68.0 Å². The van der Waals surface area contributed by atoms with E-state index >= 15 is 0 Å². The van der Waals surface area contributed by atoms with Crippen molar-refractivity contribution in [1.29, 1.82) is 0 Å². The Morgan fingerprint density at radius 2 is 2.15 bits per heavy atom. The van der Waals surface area contributed by atoms with Crippen LogP contribution in [0.15, 0.2) is 35.0 Å². The third kappa shape index (κ3) is 3.80. The van der Waals surface area contributed by atoms with Gasteiger partial charge in [-0.2, -0.15) is 0 Å². The fourth-order valence-electron chi connectivity index (χ4n) is 4.78. The number of benzene rings is 1. The van der Waals surface area contributed by atoms with Crippen LogP contribution >= 0.6 is 11.3 Å². The first-order chi connectivity index (χ1) is 16.6. The number of hydrogen-bond donors (Lipinski definition) is 1. The minimum atomic E-state index is -0.698. The average Bonchev–Trinajstić information content (AvgIpc) is 3.54. The van der Waals surface area contributed by atoms with Crippen LogP contribution in [0.1, 0.15) is 51.0 Å². The fraction of sp³-hybridized carbons (Fsp3) is 0.417. The molecule has 0 radical (unpaired) electrons. The van der Waals surface area contributed by atoms with E-state index in [1.807, 2.05) is 24.3 Å². The molecule has 2 aliphatic rings. The molecule has 1 atom stereocenters. The Labute approximate surface area is 199 Å². The van der Waals surface area contributed by atoms with Gasteiger partial charge in [-0.1, -0.05) is 12.1 Å². The van der Waals surface area contributed by atoms with Crippen LogP contribution < -0.4 is 0 Å². The largest absolute Gasteiger partial charge is 0.435 e. The summed E-state index contributed by atoms with van der Waals surface area (Å²) in [6, 6.07) is 7.60. The minimum absolute atomic E-state index is 0.197. The molecule has 1 fully saturated rings. The molecule has 1 N–H and O–H groups in total. The molecule has 34 heavy (non-hydrogen) atoms. The topological polar surface area (TPSA) is 91.2 Å². The van der Waals surface area contributed by atoms with Gasteiger partial charge in [-0.15, -0.1) is 11.3 Å². The number of carbonyl (C=O) groups is 1. The Hall–Kier alpha value is -3.11. The molecule has 0 spiro atoms. The van der Waals surface area contributed by atoms with Crippen LogP contribution in [-0.2, 0) is 12.8 Å². The third-order valence-corrected chi connectivity index (χ3v) is 7.63. The van der Waals surface area contributed by atoms with Gasteiger partial charge in [0, 0.05) is 38.2 Å². The summed E-state index contributed by atoms with van der Waals surface area (Å²) in [5.74, 6) is 0.622.